The normalized spacial score (nSPS) is 14.0. The van der Waals surface area contributed by atoms with Crippen LogP contribution < -0.4 is 10.1 Å². The highest BCUT2D eigenvalue weighted by Gasteiger charge is 2.20. The Morgan fingerprint density at radius 3 is 2.43 bits per heavy atom. The van der Waals surface area contributed by atoms with Gasteiger partial charge >= 0.3 is 0 Å². The van der Waals surface area contributed by atoms with Crippen LogP contribution in [0, 0.1) is 13.8 Å². The summed E-state index contributed by atoms with van der Waals surface area (Å²) >= 11 is 12.2. The molecule has 1 amide bonds. The molecule has 4 rings (SSSR count). The average molecular weight is 508 g/mol. The molecule has 1 fully saturated rings. The Balaban J connectivity index is 1.28. The molecule has 0 unspecified atom stereocenters. The Morgan fingerprint density at radius 1 is 1.00 bits per heavy atom. The minimum atomic E-state index is -0.235. The SMILES string of the molecule is Cc1ccc(NC(=O)COc2ccc(C(=S)N3CCN(Cc4ccccc4)CC3)cc2Cl)c(C)c1. The molecular weight excluding hydrogens is 478 g/mol. The topological polar surface area (TPSA) is 44.8 Å². The zero-order chi connectivity index (χ0) is 24.8. The number of nitrogens with one attached hydrogen (secondary N) is 1. The van der Waals surface area contributed by atoms with Crippen molar-refractivity contribution in [1.82, 2.24) is 9.80 Å². The summed E-state index contributed by atoms with van der Waals surface area (Å²) in [5.41, 5.74) is 5.15. The molecule has 1 aliphatic heterocycles. The highest BCUT2D eigenvalue weighted by molar-refractivity contribution is 7.80. The number of carbonyl (C=O) groups excluding carboxylic acids is 1. The Morgan fingerprint density at radius 2 is 1.74 bits per heavy atom. The van der Waals surface area contributed by atoms with E-state index in [1.54, 1.807) is 6.07 Å². The fourth-order valence-electron chi connectivity index (χ4n) is 4.17. The van der Waals surface area contributed by atoms with Crippen molar-refractivity contribution >= 4 is 40.4 Å². The molecule has 7 heteroatoms. The molecule has 3 aromatic rings. The van der Waals surface area contributed by atoms with Crippen LogP contribution in [-0.4, -0.2) is 53.5 Å². The van der Waals surface area contributed by atoms with E-state index in [9.17, 15) is 4.79 Å². The standard InChI is InChI=1S/C28H30ClN3O2S/c1-20-8-10-25(21(2)16-20)30-27(33)19-34-26-11-9-23(17-24(26)29)28(35)32-14-12-31(13-15-32)18-22-6-4-3-5-7-22/h3-11,16-17H,12-15,18-19H2,1-2H3,(H,30,33). The second kappa shape index (κ2) is 11.7. The molecule has 182 valence electrons. The maximum absolute atomic E-state index is 12.3. The number of halogens is 1. The number of thiocarbonyl (C=S) groups is 1. The van der Waals surface area contributed by atoms with Gasteiger partial charge in [-0.2, -0.15) is 0 Å². The molecule has 35 heavy (non-hydrogen) atoms. The van der Waals surface area contributed by atoms with E-state index in [1.165, 1.54) is 5.56 Å². The van der Waals surface area contributed by atoms with Crippen LogP contribution in [0.15, 0.2) is 66.7 Å². The monoisotopic (exact) mass is 507 g/mol. The number of amides is 1. The Hall–Kier alpha value is -2.93. The van der Waals surface area contributed by atoms with Gasteiger partial charge in [0.25, 0.3) is 5.91 Å². The van der Waals surface area contributed by atoms with Gasteiger partial charge in [0.05, 0.1) is 5.02 Å². The number of rotatable bonds is 7. The van der Waals surface area contributed by atoms with Crippen LogP contribution in [0.25, 0.3) is 0 Å². The summed E-state index contributed by atoms with van der Waals surface area (Å²) in [6.45, 7) is 8.48. The van der Waals surface area contributed by atoms with Crippen LogP contribution in [0.3, 0.4) is 0 Å². The van der Waals surface area contributed by atoms with E-state index in [2.05, 4.69) is 39.4 Å². The molecule has 1 N–H and O–H groups in total. The van der Waals surface area contributed by atoms with Gasteiger partial charge < -0.3 is 15.0 Å². The lowest BCUT2D eigenvalue weighted by Gasteiger charge is -2.36. The summed E-state index contributed by atoms with van der Waals surface area (Å²) in [4.78, 5) is 17.8. The predicted octanol–water partition coefficient (Wildman–Crippen LogP) is 5.47. The Labute approximate surface area is 217 Å². The molecule has 0 bridgehead atoms. The van der Waals surface area contributed by atoms with Crippen molar-refractivity contribution in [2.45, 2.75) is 20.4 Å². The first-order valence-electron chi connectivity index (χ1n) is 11.7. The first-order valence-corrected chi connectivity index (χ1v) is 12.5. The minimum Gasteiger partial charge on any atom is -0.482 e. The molecule has 0 atom stereocenters. The van der Waals surface area contributed by atoms with Crippen molar-refractivity contribution < 1.29 is 9.53 Å². The maximum atomic E-state index is 12.3. The van der Waals surface area contributed by atoms with Crippen molar-refractivity contribution in [2.24, 2.45) is 0 Å². The second-order valence-electron chi connectivity index (χ2n) is 8.85. The maximum Gasteiger partial charge on any atom is 0.262 e. The van der Waals surface area contributed by atoms with Crippen LogP contribution >= 0.6 is 23.8 Å². The van der Waals surface area contributed by atoms with Crippen molar-refractivity contribution in [1.29, 1.82) is 0 Å². The van der Waals surface area contributed by atoms with E-state index in [4.69, 9.17) is 28.6 Å². The molecule has 0 saturated carbocycles. The fourth-order valence-corrected chi connectivity index (χ4v) is 4.71. The molecule has 3 aromatic carbocycles. The van der Waals surface area contributed by atoms with Crippen molar-refractivity contribution in [3.63, 3.8) is 0 Å². The van der Waals surface area contributed by atoms with Crippen LogP contribution in [0.1, 0.15) is 22.3 Å². The quantitative estimate of drug-likeness (QED) is 0.430. The van der Waals surface area contributed by atoms with Crippen LogP contribution in [-0.2, 0) is 11.3 Å². The van der Waals surface area contributed by atoms with E-state index in [0.29, 0.717) is 10.8 Å². The summed E-state index contributed by atoms with van der Waals surface area (Å²) in [6, 6.07) is 21.9. The third-order valence-electron chi connectivity index (χ3n) is 6.10. The number of nitrogens with zero attached hydrogens (tertiary/aromatic N) is 2. The molecule has 0 spiro atoms. The molecular formula is C28H30ClN3O2S. The number of aryl methyl sites for hydroxylation is 2. The molecule has 0 aliphatic carbocycles. The third kappa shape index (κ3) is 6.82. The van der Waals surface area contributed by atoms with Crippen molar-refractivity contribution in [3.8, 4) is 5.75 Å². The van der Waals surface area contributed by atoms with Gasteiger partial charge in [-0.3, -0.25) is 9.69 Å². The molecule has 0 aromatic heterocycles. The molecule has 1 saturated heterocycles. The number of hydrogen-bond acceptors (Lipinski definition) is 4. The summed E-state index contributed by atoms with van der Waals surface area (Å²) in [5, 5.41) is 3.32. The Kier molecular flexibility index (Phi) is 8.39. The van der Waals surface area contributed by atoms with Crippen molar-refractivity contribution in [3.05, 3.63) is 94.0 Å². The van der Waals surface area contributed by atoms with Crippen molar-refractivity contribution in [2.75, 3.05) is 38.1 Å². The lowest BCUT2D eigenvalue weighted by molar-refractivity contribution is -0.118. The van der Waals surface area contributed by atoms with Crippen LogP contribution in [0.5, 0.6) is 5.75 Å². The minimum absolute atomic E-state index is 0.125. The van der Waals surface area contributed by atoms with Gasteiger partial charge in [0.1, 0.15) is 10.7 Å². The average Bonchev–Trinajstić information content (AvgIpc) is 2.85. The van der Waals surface area contributed by atoms with Gasteiger partial charge in [-0.25, -0.2) is 0 Å². The summed E-state index contributed by atoms with van der Waals surface area (Å²) < 4.78 is 5.68. The third-order valence-corrected chi connectivity index (χ3v) is 6.89. The van der Waals surface area contributed by atoms with Gasteiger partial charge in [-0.1, -0.05) is 71.8 Å². The highest BCUT2D eigenvalue weighted by atomic mass is 35.5. The largest absolute Gasteiger partial charge is 0.482 e. The second-order valence-corrected chi connectivity index (χ2v) is 9.65. The lowest BCUT2D eigenvalue weighted by Crippen LogP contribution is -2.48. The number of benzene rings is 3. The highest BCUT2D eigenvalue weighted by Crippen LogP contribution is 2.27. The number of ether oxygens (including phenoxy) is 1. The molecule has 1 aliphatic rings. The first kappa shape index (κ1) is 25.2. The smallest absolute Gasteiger partial charge is 0.262 e. The van der Waals surface area contributed by atoms with E-state index in [0.717, 1.165) is 60.1 Å². The lowest BCUT2D eigenvalue weighted by atomic mass is 10.1. The van der Waals surface area contributed by atoms with Crippen LogP contribution in [0.2, 0.25) is 5.02 Å². The summed E-state index contributed by atoms with van der Waals surface area (Å²) in [6.07, 6.45) is 0. The van der Waals surface area contributed by atoms with Gasteiger partial charge in [0.2, 0.25) is 0 Å². The summed E-state index contributed by atoms with van der Waals surface area (Å²) in [5.74, 6) is 0.225. The van der Waals surface area contributed by atoms with E-state index >= 15 is 0 Å². The predicted molar refractivity (Wildman–Crippen MR) is 146 cm³/mol. The van der Waals surface area contributed by atoms with E-state index in [1.807, 2.05) is 50.2 Å². The van der Waals surface area contributed by atoms with Gasteiger partial charge in [0.15, 0.2) is 6.61 Å². The fraction of sp³-hybridized carbons (Fsp3) is 0.286. The zero-order valence-electron chi connectivity index (χ0n) is 20.1. The van der Waals surface area contributed by atoms with Gasteiger partial charge in [-0.15, -0.1) is 0 Å². The molecule has 1 heterocycles. The number of carbonyl (C=O) groups is 1. The molecule has 5 nitrogen and oxygen atoms in total. The van der Waals surface area contributed by atoms with Gasteiger partial charge in [-0.05, 0) is 49.2 Å². The number of hydrogen-bond donors (Lipinski definition) is 1. The first-order chi connectivity index (χ1) is 16.9. The number of anilines is 1. The van der Waals surface area contributed by atoms with E-state index < -0.39 is 0 Å². The van der Waals surface area contributed by atoms with E-state index in [-0.39, 0.29) is 12.5 Å². The van der Waals surface area contributed by atoms with Crippen LogP contribution in [0.4, 0.5) is 5.69 Å². The molecule has 0 radical (unpaired) electrons. The zero-order valence-corrected chi connectivity index (χ0v) is 21.7. The number of piperazine rings is 1. The Bertz CT molecular complexity index is 1190. The summed E-state index contributed by atoms with van der Waals surface area (Å²) in [7, 11) is 0. The van der Waals surface area contributed by atoms with Gasteiger partial charge in [0, 0.05) is 44.0 Å².